The van der Waals surface area contributed by atoms with E-state index in [0.29, 0.717) is 6.42 Å². The Morgan fingerprint density at radius 1 is 0.875 bits per heavy atom. The van der Waals surface area contributed by atoms with E-state index >= 15 is 0 Å². The number of esters is 1. The number of terminal acetylenes is 2. The molecule has 0 spiro atoms. The molecule has 2 fully saturated rings. The van der Waals surface area contributed by atoms with Crippen molar-refractivity contribution in [3.05, 3.63) is 0 Å². The Bertz CT molecular complexity index is 885. The van der Waals surface area contributed by atoms with Crippen molar-refractivity contribution in [3.8, 4) is 24.7 Å². The van der Waals surface area contributed by atoms with Crippen LogP contribution in [0.15, 0.2) is 0 Å². The van der Waals surface area contributed by atoms with Crippen LogP contribution in [0.1, 0.15) is 67.2 Å². The van der Waals surface area contributed by atoms with Crippen molar-refractivity contribution in [2.75, 3.05) is 6.61 Å². The molecular weight excluding hydrogens is 524 g/mol. The first-order chi connectivity index (χ1) is 18.4. The monoisotopic (exact) mass is 570 g/mol. The van der Waals surface area contributed by atoms with E-state index in [1.54, 1.807) is 0 Å². The zero-order chi connectivity index (χ0) is 29.7. The van der Waals surface area contributed by atoms with Crippen molar-refractivity contribution >= 4 is 17.8 Å². The first kappa shape index (κ1) is 37.3. The fourth-order valence-electron chi connectivity index (χ4n) is 4.37. The standard InChI is InChI=1S/C16H25NO4.C11H17NO6.CH4/c1-6-8-9-14(19)17-15-11(4)10(3)13(7-2)21-16(15)20-12(5)18;1-2-3-4-7(14)12-8-10(16)9(15)6(5-13)18-11(8)17;/h1,10-11,13,15-16H,7-9H2,2-5H3,(H,17,19);1,6,8-11,13,15-17H,3-5H2,(H,12,14);1H4. The van der Waals surface area contributed by atoms with Crippen LogP contribution >= 0.6 is 0 Å². The molecule has 10 unspecified atom stereocenters. The predicted octanol–water partition coefficient (Wildman–Crippen LogP) is -0.193. The second-order valence-electron chi connectivity index (χ2n) is 9.60. The van der Waals surface area contributed by atoms with Crippen LogP contribution in [0.25, 0.3) is 0 Å². The zero-order valence-electron chi connectivity index (χ0n) is 22.9. The quantitative estimate of drug-likeness (QED) is 0.160. The van der Waals surface area contributed by atoms with Gasteiger partial charge in [-0.05, 0) is 18.3 Å². The topological polar surface area (TPSA) is 184 Å². The molecule has 2 heterocycles. The third-order valence-electron chi connectivity index (χ3n) is 6.82. The number of amides is 2. The average Bonchev–Trinajstić information content (AvgIpc) is 2.90. The summed E-state index contributed by atoms with van der Waals surface area (Å²) in [5.74, 6) is 4.10. The molecule has 12 nitrogen and oxygen atoms in total. The SMILES string of the molecule is C.C#CCCC(=O)NC1C(O)OC(CO)C(O)C1O.C#CCCC(=O)NC1C(OC(C)=O)OC(CC)C(C)C1C. The minimum Gasteiger partial charge on any atom is -0.434 e. The molecule has 0 bridgehead atoms. The summed E-state index contributed by atoms with van der Waals surface area (Å²) in [6.07, 6.45) is 5.79. The van der Waals surface area contributed by atoms with Gasteiger partial charge in [0.1, 0.15) is 24.4 Å². The van der Waals surface area contributed by atoms with Crippen LogP contribution in [0.5, 0.6) is 0 Å². The molecule has 0 radical (unpaired) electrons. The Labute approximate surface area is 237 Å². The van der Waals surface area contributed by atoms with Crippen molar-refractivity contribution < 1.29 is 49.0 Å². The van der Waals surface area contributed by atoms with Gasteiger partial charge in [-0.2, -0.15) is 0 Å². The summed E-state index contributed by atoms with van der Waals surface area (Å²) in [6, 6.07) is -1.51. The molecule has 2 aliphatic heterocycles. The molecule has 2 aliphatic rings. The number of nitrogens with one attached hydrogen (secondary N) is 2. The lowest BCUT2D eigenvalue weighted by Gasteiger charge is -2.44. The second kappa shape index (κ2) is 18.6. The summed E-state index contributed by atoms with van der Waals surface area (Å²) < 4.78 is 16.0. The van der Waals surface area contributed by atoms with Gasteiger partial charge in [-0.25, -0.2) is 0 Å². The van der Waals surface area contributed by atoms with E-state index in [1.807, 2.05) is 13.8 Å². The summed E-state index contributed by atoms with van der Waals surface area (Å²) in [5.41, 5.74) is 0. The number of aliphatic hydroxyl groups is 4. The van der Waals surface area contributed by atoms with Gasteiger partial charge in [0.05, 0.1) is 18.8 Å². The van der Waals surface area contributed by atoms with E-state index < -0.39 is 55.4 Å². The first-order valence-corrected chi connectivity index (χ1v) is 13.0. The maximum absolute atomic E-state index is 11.9. The Hall–Kier alpha value is -2.71. The highest BCUT2D eigenvalue weighted by Gasteiger charge is 2.44. The molecular formula is C28H46N2O10. The fraction of sp³-hybridized carbons (Fsp3) is 0.750. The summed E-state index contributed by atoms with van der Waals surface area (Å²) in [5, 5.41) is 43.0. The van der Waals surface area contributed by atoms with Crippen LogP contribution in [0.2, 0.25) is 0 Å². The van der Waals surface area contributed by atoms with Gasteiger partial charge in [-0.3, -0.25) is 14.4 Å². The summed E-state index contributed by atoms with van der Waals surface area (Å²) in [6.45, 7) is 6.95. The number of carbonyl (C=O) groups excluding carboxylic acids is 3. The van der Waals surface area contributed by atoms with Crippen molar-refractivity contribution in [2.24, 2.45) is 11.8 Å². The molecule has 0 aromatic carbocycles. The minimum atomic E-state index is -1.50. The Morgan fingerprint density at radius 2 is 1.40 bits per heavy atom. The van der Waals surface area contributed by atoms with Gasteiger partial charge in [-0.15, -0.1) is 24.7 Å². The van der Waals surface area contributed by atoms with Gasteiger partial charge in [0.15, 0.2) is 6.29 Å². The average molecular weight is 571 g/mol. The fourth-order valence-corrected chi connectivity index (χ4v) is 4.37. The maximum atomic E-state index is 11.9. The normalized spacial score (nSPS) is 33.0. The lowest BCUT2D eigenvalue weighted by molar-refractivity contribution is -0.253. The van der Waals surface area contributed by atoms with Gasteiger partial charge in [0.25, 0.3) is 0 Å². The van der Waals surface area contributed by atoms with Crippen LogP contribution in [0, 0.1) is 36.5 Å². The molecule has 2 rings (SSSR count). The predicted molar refractivity (Wildman–Crippen MR) is 146 cm³/mol. The molecule has 0 aliphatic carbocycles. The van der Waals surface area contributed by atoms with E-state index in [4.69, 9.17) is 32.2 Å². The smallest absolute Gasteiger partial charge is 0.305 e. The van der Waals surface area contributed by atoms with Gasteiger partial charge < -0.3 is 45.3 Å². The number of rotatable bonds is 9. The van der Waals surface area contributed by atoms with Gasteiger partial charge in [0.2, 0.25) is 18.1 Å². The van der Waals surface area contributed by atoms with Crippen LogP contribution in [-0.4, -0.2) is 93.9 Å². The molecule has 228 valence electrons. The number of hydrogen-bond acceptors (Lipinski definition) is 10. The lowest BCUT2D eigenvalue weighted by Crippen LogP contribution is -2.64. The van der Waals surface area contributed by atoms with Gasteiger partial charge in [0, 0.05) is 32.6 Å². The molecule has 0 aromatic heterocycles. The molecule has 40 heavy (non-hydrogen) atoms. The number of hydrogen-bond donors (Lipinski definition) is 6. The van der Waals surface area contributed by atoms with E-state index in [1.165, 1.54) is 6.92 Å². The Balaban J connectivity index is 0.000000750. The lowest BCUT2D eigenvalue weighted by atomic mass is 9.81. The molecule has 0 saturated carbocycles. The van der Waals surface area contributed by atoms with Crippen LogP contribution in [0.4, 0.5) is 0 Å². The molecule has 2 saturated heterocycles. The largest absolute Gasteiger partial charge is 0.434 e. The molecule has 6 N–H and O–H groups in total. The molecule has 0 aromatic rings. The number of carbonyl (C=O) groups is 3. The van der Waals surface area contributed by atoms with Crippen molar-refractivity contribution in [3.63, 3.8) is 0 Å². The van der Waals surface area contributed by atoms with Crippen LogP contribution < -0.4 is 10.6 Å². The first-order valence-electron chi connectivity index (χ1n) is 13.0. The molecule has 2 amide bonds. The Morgan fingerprint density at radius 3 is 1.85 bits per heavy atom. The van der Waals surface area contributed by atoms with E-state index in [2.05, 4.69) is 29.4 Å². The van der Waals surface area contributed by atoms with E-state index in [0.717, 1.165) is 6.42 Å². The maximum Gasteiger partial charge on any atom is 0.305 e. The third-order valence-corrected chi connectivity index (χ3v) is 6.82. The van der Waals surface area contributed by atoms with Gasteiger partial charge >= 0.3 is 5.97 Å². The van der Waals surface area contributed by atoms with Crippen molar-refractivity contribution in [2.45, 2.75) is 116 Å². The van der Waals surface area contributed by atoms with Gasteiger partial charge in [-0.1, -0.05) is 28.2 Å². The van der Waals surface area contributed by atoms with Crippen molar-refractivity contribution in [1.29, 1.82) is 0 Å². The molecule has 12 heteroatoms. The number of ether oxygens (including phenoxy) is 3. The van der Waals surface area contributed by atoms with Crippen LogP contribution in [-0.2, 0) is 28.6 Å². The highest BCUT2D eigenvalue weighted by Crippen LogP contribution is 2.33. The highest BCUT2D eigenvalue weighted by atomic mass is 16.7. The molecule has 10 atom stereocenters. The van der Waals surface area contributed by atoms with E-state index in [9.17, 15) is 29.7 Å². The van der Waals surface area contributed by atoms with Crippen LogP contribution in [0.3, 0.4) is 0 Å². The summed E-state index contributed by atoms with van der Waals surface area (Å²) in [7, 11) is 0. The second-order valence-corrected chi connectivity index (χ2v) is 9.60. The van der Waals surface area contributed by atoms with E-state index in [-0.39, 0.29) is 56.6 Å². The minimum absolute atomic E-state index is 0. The third kappa shape index (κ3) is 11.0. The zero-order valence-corrected chi connectivity index (χ0v) is 22.9. The summed E-state index contributed by atoms with van der Waals surface area (Å²) >= 11 is 0. The van der Waals surface area contributed by atoms with Crippen molar-refractivity contribution in [1.82, 2.24) is 10.6 Å². The highest BCUT2D eigenvalue weighted by molar-refractivity contribution is 5.77. The Kier molecular flexibility index (Phi) is 17.3. The number of aliphatic hydroxyl groups excluding tert-OH is 4. The summed E-state index contributed by atoms with van der Waals surface area (Å²) in [4.78, 5) is 34.6.